The van der Waals surface area contributed by atoms with Crippen LogP contribution in [0.15, 0.2) is 36.7 Å². The predicted molar refractivity (Wildman–Crippen MR) is 86.5 cm³/mol. The molecule has 6 nitrogen and oxygen atoms in total. The molecule has 0 aromatic carbocycles. The average molecular weight is 351 g/mol. The Bertz CT molecular complexity index is 725. The largest absolute Gasteiger partial charge is 0.433 e. The summed E-state index contributed by atoms with van der Waals surface area (Å²) in [4.78, 5) is 21.7. The van der Waals surface area contributed by atoms with Crippen LogP contribution in [-0.4, -0.2) is 42.1 Å². The highest BCUT2D eigenvalue weighted by Gasteiger charge is 2.32. The van der Waals surface area contributed by atoms with Crippen molar-refractivity contribution in [2.45, 2.75) is 6.18 Å². The third kappa shape index (κ3) is 4.24. The molecule has 1 aliphatic heterocycles. The Kier molecular flexibility index (Phi) is 4.84. The topological polar surface area (TPSA) is 70.2 Å². The molecule has 0 saturated carbocycles. The number of nitrogens with one attached hydrogen (secondary N) is 2. The first kappa shape index (κ1) is 17.2. The molecule has 1 aliphatic rings. The van der Waals surface area contributed by atoms with Crippen LogP contribution in [0.2, 0.25) is 0 Å². The lowest BCUT2D eigenvalue weighted by Gasteiger charge is -2.29. The number of carbonyl (C=O) groups excluding carboxylic acids is 1. The highest BCUT2D eigenvalue weighted by Crippen LogP contribution is 2.27. The first-order chi connectivity index (χ1) is 11.9. The molecule has 0 spiro atoms. The van der Waals surface area contributed by atoms with E-state index in [4.69, 9.17) is 0 Å². The van der Waals surface area contributed by atoms with Crippen LogP contribution in [0.5, 0.6) is 0 Å². The van der Waals surface area contributed by atoms with E-state index in [1.807, 2.05) is 6.07 Å². The second-order valence-corrected chi connectivity index (χ2v) is 5.52. The zero-order valence-corrected chi connectivity index (χ0v) is 13.2. The van der Waals surface area contributed by atoms with Crippen molar-refractivity contribution in [1.29, 1.82) is 0 Å². The lowest BCUT2D eigenvalue weighted by Crippen LogP contribution is -2.43. The Balaban J connectivity index is 1.64. The number of nitrogens with zero attached hydrogens (tertiary/aromatic N) is 3. The molecule has 3 rings (SSSR count). The number of hydrogen-bond acceptors (Lipinski definition) is 5. The standard InChI is InChI=1S/C16H16F3N5O/c17-16(18,19)13-3-1-11(9-21-13)15(25)23-14-4-2-12(10-22-14)24-7-5-20-6-8-24/h1-4,9-10,20H,5-8H2,(H,22,23,25). The summed E-state index contributed by atoms with van der Waals surface area (Å²) in [5.41, 5.74) is -0.0563. The lowest BCUT2D eigenvalue weighted by atomic mass is 10.2. The molecule has 0 radical (unpaired) electrons. The quantitative estimate of drug-likeness (QED) is 0.887. The maximum Gasteiger partial charge on any atom is 0.433 e. The van der Waals surface area contributed by atoms with E-state index < -0.39 is 17.8 Å². The van der Waals surface area contributed by atoms with Crippen LogP contribution in [0.1, 0.15) is 16.1 Å². The van der Waals surface area contributed by atoms with Gasteiger partial charge in [-0.15, -0.1) is 0 Å². The Morgan fingerprint density at radius 1 is 1.08 bits per heavy atom. The van der Waals surface area contributed by atoms with Crippen molar-refractivity contribution in [1.82, 2.24) is 15.3 Å². The lowest BCUT2D eigenvalue weighted by molar-refractivity contribution is -0.141. The highest BCUT2D eigenvalue weighted by atomic mass is 19.4. The number of aromatic nitrogens is 2. The number of alkyl halides is 3. The smallest absolute Gasteiger partial charge is 0.368 e. The van der Waals surface area contributed by atoms with Crippen molar-refractivity contribution in [2.24, 2.45) is 0 Å². The molecule has 2 aromatic rings. The van der Waals surface area contributed by atoms with Gasteiger partial charge in [-0.3, -0.25) is 9.78 Å². The first-order valence-electron chi connectivity index (χ1n) is 7.70. The Morgan fingerprint density at radius 3 is 2.40 bits per heavy atom. The van der Waals surface area contributed by atoms with Gasteiger partial charge in [-0.2, -0.15) is 13.2 Å². The van der Waals surface area contributed by atoms with Gasteiger partial charge in [0.05, 0.1) is 17.4 Å². The van der Waals surface area contributed by atoms with Gasteiger partial charge in [0.1, 0.15) is 11.5 Å². The van der Waals surface area contributed by atoms with E-state index >= 15 is 0 Å². The van der Waals surface area contributed by atoms with Crippen LogP contribution in [0.25, 0.3) is 0 Å². The van der Waals surface area contributed by atoms with E-state index in [1.165, 1.54) is 0 Å². The molecule has 9 heteroatoms. The third-order valence-corrected chi connectivity index (χ3v) is 3.79. The molecule has 2 aromatic heterocycles. The average Bonchev–Trinajstić information content (AvgIpc) is 2.62. The number of halogens is 3. The monoisotopic (exact) mass is 351 g/mol. The first-order valence-corrected chi connectivity index (χ1v) is 7.70. The van der Waals surface area contributed by atoms with Crippen LogP contribution < -0.4 is 15.5 Å². The van der Waals surface area contributed by atoms with Gasteiger partial charge in [-0.25, -0.2) is 4.98 Å². The molecule has 0 bridgehead atoms. The Labute approximate surface area is 142 Å². The van der Waals surface area contributed by atoms with Gasteiger partial charge in [0.25, 0.3) is 5.91 Å². The van der Waals surface area contributed by atoms with E-state index in [-0.39, 0.29) is 5.56 Å². The summed E-state index contributed by atoms with van der Waals surface area (Å²) in [6.45, 7) is 3.56. The van der Waals surface area contributed by atoms with E-state index in [0.29, 0.717) is 5.82 Å². The molecule has 1 fully saturated rings. The van der Waals surface area contributed by atoms with E-state index in [9.17, 15) is 18.0 Å². The number of anilines is 2. The molecule has 25 heavy (non-hydrogen) atoms. The third-order valence-electron chi connectivity index (χ3n) is 3.79. The number of amides is 1. The number of piperazine rings is 1. The fraction of sp³-hybridized carbons (Fsp3) is 0.312. The number of pyridine rings is 2. The number of rotatable bonds is 3. The molecule has 0 atom stereocenters. The zero-order valence-electron chi connectivity index (χ0n) is 13.2. The van der Waals surface area contributed by atoms with Gasteiger partial charge in [0.2, 0.25) is 0 Å². The minimum Gasteiger partial charge on any atom is -0.368 e. The van der Waals surface area contributed by atoms with Gasteiger partial charge in [-0.05, 0) is 24.3 Å². The summed E-state index contributed by atoms with van der Waals surface area (Å²) < 4.78 is 37.4. The fourth-order valence-corrected chi connectivity index (χ4v) is 2.45. The normalized spacial score (nSPS) is 15.1. The summed E-state index contributed by atoms with van der Waals surface area (Å²) >= 11 is 0. The van der Waals surface area contributed by atoms with Gasteiger partial charge in [0, 0.05) is 32.4 Å². The maximum atomic E-state index is 12.5. The van der Waals surface area contributed by atoms with Crippen molar-refractivity contribution in [3.05, 3.63) is 47.9 Å². The molecule has 1 amide bonds. The van der Waals surface area contributed by atoms with E-state index in [0.717, 1.165) is 50.2 Å². The van der Waals surface area contributed by atoms with Gasteiger partial charge < -0.3 is 15.5 Å². The second kappa shape index (κ2) is 7.06. The SMILES string of the molecule is O=C(Nc1ccc(N2CCNCC2)cn1)c1ccc(C(F)(F)F)nc1. The summed E-state index contributed by atoms with van der Waals surface area (Å²) in [5.74, 6) is -0.243. The molecule has 2 N–H and O–H groups in total. The Morgan fingerprint density at radius 2 is 1.84 bits per heavy atom. The van der Waals surface area contributed by atoms with Crippen LogP contribution in [0, 0.1) is 0 Å². The second-order valence-electron chi connectivity index (χ2n) is 5.52. The minimum atomic E-state index is -4.53. The highest BCUT2D eigenvalue weighted by molar-refractivity contribution is 6.03. The summed E-state index contributed by atoms with van der Waals surface area (Å²) in [7, 11) is 0. The molecule has 0 unspecified atom stereocenters. The molecule has 132 valence electrons. The molecule has 0 aliphatic carbocycles. The van der Waals surface area contributed by atoms with Gasteiger partial charge in [-0.1, -0.05) is 0 Å². The van der Waals surface area contributed by atoms with E-state index in [1.54, 1.807) is 12.3 Å². The number of hydrogen-bond donors (Lipinski definition) is 2. The van der Waals surface area contributed by atoms with Crippen LogP contribution >= 0.6 is 0 Å². The van der Waals surface area contributed by atoms with Crippen molar-refractivity contribution < 1.29 is 18.0 Å². The van der Waals surface area contributed by atoms with Crippen molar-refractivity contribution in [3.8, 4) is 0 Å². The van der Waals surface area contributed by atoms with Gasteiger partial charge >= 0.3 is 6.18 Å². The molecular formula is C16H16F3N5O. The molecule has 3 heterocycles. The number of carbonyl (C=O) groups is 1. The van der Waals surface area contributed by atoms with Crippen molar-refractivity contribution in [3.63, 3.8) is 0 Å². The van der Waals surface area contributed by atoms with Gasteiger partial charge in [0.15, 0.2) is 0 Å². The van der Waals surface area contributed by atoms with Crippen LogP contribution in [0.3, 0.4) is 0 Å². The van der Waals surface area contributed by atoms with Crippen molar-refractivity contribution >= 4 is 17.4 Å². The summed E-state index contributed by atoms with van der Waals surface area (Å²) in [5, 5.41) is 5.80. The molecule has 1 saturated heterocycles. The minimum absolute atomic E-state index is 0.0287. The summed E-state index contributed by atoms with van der Waals surface area (Å²) in [6, 6.07) is 5.36. The van der Waals surface area contributed by atoms with Crippen molar-refractivity contribution in [2.75, 3.05) is 36.4 Å². The predicted octanol–water partition coefficient (Wildman–Crippen LogP) is 2.16. The maximum absolute atomic E-state index is 12.5. The Hall–Kier alpha value is -2.68. The summed E-state index contributed by atoms with van der Waals surface area (Å²) in [6.07, 6.45) is -1.98. The van der Waals surface area contributed by atoms with Crippen LogP contribution in [-0.2, 0) is 6.18 Å². The fourth-order valence-electron chi connectivity index (χ4n) is 2.45. The van der Waals surface area contributed by atoms with Crippen LogP contribution in [0.4, 0.5) is 24.7 Å². The zero-order chi connectivity index (χ0) is 17.9. The van der Waals surface area contributed by atoms with E-state index in [2.05, 4.69) is 25.5 Å². The molecular weight excluding hydrogens is 335 g/mol.